The van der Waals surface area contributed by atoms with Gasteiger partial charge >= 0.3 is 0 Å². The summed E-state index contributed by atoms with van der Waals surface area (Å²) in [7, 11) is 0. The summed E-state index contributed by atoms with van der Waals surface area (Å²) < 4.78 is 0. The third-order valence-electron chi connectivity index (χ3n) is 3.21. The van der Waals surface area contributed by atoms with E-state index in [2.05, 4.69) is 6.92 Å². The molecule has 0 atom stereocenters. The van der Waals surface area contributed by atoms with E-state index < -0.39 is 0 Å². The molecule has 1 nitrogen and oxygen atoms in total. The summed E-state index contributed by atoms with van der Waals surface area (Å²) in [6.45, 7) is 2.34. The van der Waals surface area contributed by atoms with E-state index in [-0.39, 0.29) is 0 Å². The molecular weight excluding hydrogens is 238 g/mol. The van der Waals surface area contributed by atoms with Gasteiger partial charge in [-0.15, -0.1) is 11.8 Å². The lowest BCUT2D eigenvalue weighted by Crippen LogP contribution is -2.13. The molecule has 0 aliphatic heterocycles. The maximum Gasteiger partial charge on any atom is 0.0562 e. The molecule has 0 amide bonds. The highest BCUT2D eigenvalue weighted by Gasteiger charge is 2.19. The van der Waals surface area contributed by atoms with Gasteiger partial charge in [0.15, 0.2) is 0 Å². The van der Waals surface area contributed by atoms with E-state index in [1.807, 2.05) is 30.0 Å². The van der Waals surface area contributed by atoms with Crippen LogP contribution in [0.25, 0.3) is 0 Å². The monoisotopic (exact) mass is 255 g/mol. The Kier molecular flexibility index (Phi) is 4.04. The van der Waals surface area contributed by atoms with E-state index in [9.17, 15) is 0 Å². The zero-order chi connectivity index (χ0) is 11.5. The van der Waals surface area contributed by atoms with Gasteiger partial charge in [0.2, 0.25) is 0 Å². The molecule has 2 N–H and O–H groups in total. The van der Waals surface area contributed by atoms with E-state index in [1.165, 1.54) is 30.6 Å². The lowest BCUT2D eigenvalue weighted by atomic mass is 9.91. The lowest BCUT2D eigenvalue weighted by Gasteiger charge is -2.25. The molecular formula is C13H18ClNS. The molecule has 0 unspecified atom stereocenters. The van der Waals surface area contributed by atoms with Gasteiger partial charge in [-0.05, 0) is 49.8 Å². The van der Waals surface area contributed by atoms with Crippen LogP contribution in [0, 0.1) is 5.92 Å². The first-order valence-corrected chi connectivity index (χ1v) is 7.12. The second-order valence-electron chi connectivity index (χ2n) is 4.69. The number of anilines is 1. The number of hydrogen-bond donors (Lipinski definition) is 1. The van der Waals surface area contributed by atoms with Gasteiger partial charge in [-0.1, -0.05) is 18.5 Å². The van der Waals surface area contributed by atoms with Crippen molar-refractivity contribution in [2.45, 2.75) is 42.8 Å². The fourth-order valence-corrected chi connectivity index (χ4v) is 3.65. The number of halogens is 1. The Balaban J connectivity index is 1.98. The standard InChI is InChI=1S/C13H18ClNS/c1-9-2-5-11(6-3-9)16-13-7-4-10(15)8-12(13)14/h4,7-9,11H,2-3,5-6,15H2,1H3. The topological polar surface area (TPSA) is 26.0 Å². The maximum absolute atomic E-state index is 6.18. The summed E-state index contributed by atoms with van der Waals surface area (Å²) in [5.74, 6) is 0.902. The van der Waals surface area contributed by atoms with Crippen molar-refractivity contribution in [3.63, 3.8) is 0 Å². The van der Waals surface area contributed by atoms with Gasteiger partial charge in [-0.3, -0.25) is 0 Å². The van der Waals surface area contributed by atoms with Crippen LogP contribution in [0.1, 0.15) is 32.6 Å². The summed E-state index contributed by atoms with van der Waals surface area (Å²) in [5.41, 5.74) is 6.43. The van der Waals surface area contributed by atoms with Gasteiger partial charge in [0, 0.05) is 15.8 Å². The molecule has 3 heteroatoms. The Hall–Kier alpha value is -0.340. The van der Waals surface area contributed by atoms with Crippen molar-refractivity contribution in [1.82, 2.24) is 0 Å². The Morgan fingerprint density at radius 1 is 1.25 bits per heavy atom. The number of nitrogens with two attached hydrogens (primary N) is 1. The van der Waals surface area contributed by atoms with E-state index in [1.54, 1.807) is 0 Å². The fraction of sp³-hybridized carbons (Fsp3) is 0.538. The van der Waals surface area contributed by atoms with Crippen LogP contribution in [0.3, 0.4) is 0 Å². The zero-order valence-corrected chi connectivity index (χ0v) is 11.2. The molecule has 0 heterocycles. The van der Waals surface area contributed by atoms with Crippen LogP contribution in [0.15, 0.2) is 23.1 Å². The molecule has 1 fully saturated rings. The Morgan fingerprint density at radius 2 is 1.94 bits per heavy atom. The van der Waals surface area contributed by atoms with E-state index in [4.69, 9.17) is 17.3 Å². The summed E-state index contributed by atoms with van der Waals surface area (Å²) in [6, 6.07) is 5.81. The third-order valence-corrected chi connectivity index (χ3v) is 5.05. The highest BCUT2D eigenvalue weighted by atomic mass is 35.5. The largest absolute Gasteiger partial charge is 0.399 e. The molecule has 1 aliphatic carbocycles. The Labute approximate surface area is 107 Å². The van der Waals surface area contributed by atoms with Crippen LogP contribution in [0.5, 0.6) is 0 Å². The Morgan fingerprint density at radius 3 is 2.56 bits per heavy atom. The molecule has 1 aromatic rings. The van der Waals surface area contributed by atoms with Crippen molar-refractivity contribution < 1.29 is 0 Å². The first-order chi connectivity index (χ1) is 7.65. The number of thioether (sulfide) groups is 1. The molecule has 1 aromatic carbocycles. The molecule has 0 bridgehead atoms. The zero-order valence-electron chi connectivity index (χ0n) is 9.58. The van der Waals surface area contributed by atoms with Crippen molar-refractivity contribution in [2.24, 2.45) is 5.92 Å². The quantitative estimate of drug-likeness (QED) is 0.782. The van der Waals surface area contributed by atoms with Crippen LogP contribution in [0.2, 0.25) is 5.02 Å². The normalized spacial score (nSPS) is 25.6. The molecule has 16 heavy (non-hydrogen) atoms. The molecule has 1 saturated carbocycles. The van der Waals surface area contributed by atoms with Gasteiger partial charge in [-0.2, -0.15) is 0 Å². The lowest BCUT2D eigenvalue weighted by molar-refractivity contribution is 0.393. The molecule has 0 spiro atoms. The highest BCUT2D eigenvalue weighted by molar-refractivity contribution is 8.00. The van der Waals surface area contributed by atoms with Gasteiger partial charge < -0.3 is 5.73 Å². The number of hydrogen-bond acceptors (Lipinski definition) is 2. The van der Waals surface area contributed by atoms with E-state index >= 15 is 0 Å². The minimum atomic E-state index is 0.734. The fourth-order valence-electron chi connectivity index (χ4n) is 2.14. The number of rotatable bonds is 2. The predicted octanol–water partition coefficient (Wildman–Crippen LogP) is 4.59. The van der Waals surface area contributed by atoms with E-state index in [0.29, 0.717) is 0 Å². The van der Waals surface area contributed by atoms with Crippen LogP contribution in [0.4, 0.5) is 5.69 Å². The third kappa shape index (κ3) is 3.08. The molecule has 0 aromatic heterocycles. The Bertz CT molecular complexity index is 359. The van der Waals surface area contributed by atoms with Gasteiger partial charge in [0.25, 0.3) is 0 Å². The van der Waals surface area contributed by atoms with Crippen molar-refractivity contribution in [1.29, 1.82) is 0 Å². The van der Waals surface area contributed by atoms with Crippen molar-refractivity contribution in [3.8, 4) is 0 Å². The minimum Gasteiger partial charge on any atom is -0.399 e. The molecule has 0 saturated heterocycles. The van der Waals surface area contributed by atoms with Gasteiger partial charge in [-0.25, -0.2) is 0 Å². The SMILES string of the molecule is CC1CCC(Sc2ccc(N)cc2Cl)CC1. The number of nitrogen functional groups attached to an aromatic ring is 1. The summed E-state index contributed by atoms with van der Waals surface area (Å²) >= 11 is 8.09. The van der Waals surface area contributed by atoms with Crippen molar-refractivity contribution in [2.75, 3.05) is 5.73 Å². The second kappa shape index (κ2) is 5.33. The van der Waals surface area contributed by atoms with E-state index in [0.717, 1.165) is 21.9 Å². The van der Waals surface area contributed by atoms with Crippen molar-refractivity contribution >= 4 is 29.1 Å². The average Bonchev–Trinajstić information content (AvgIpc) is 2.25. The number of benzene rings is 1. The predicted molar refractivity (Wildman–Crippen MR) is 73.1 cm³/mol. The first-order valence-electron chi connectivity index (χ1n) is 5.87. The van der Waals surface area contributed by atoms with Crippen molar-refractivity contribution in [3.05, 3.63) is 23.2 Å². The van der Waals surface area contributed by atoms with Crippen LogP contribution in [-0.2, 0) is 0 Å². The van der Waals surface area contributed by atoms with Crippen LogP contribution >= 0.6 is 23.4 Å². The van der Waals surface area contributed by atoms with Gasteiger partial charge in [0.1, 0.15) is 0 Å². The van der Waals surface area contributed by atoms with Crippen LogP contribution < -0.4 is 5.73 Å². The summed E-state index contributed by atoms with van der Waals surface area (Å²) in [4.78, 5) is 1.18. The average molecular weight is 256 g/mol. The highest BCUT2D eigenvalue weighted by Crippen LogP contribution is 2.38. The maximum atomic E-state index is 6.18. The molecule has 0 radical (unpaired) electrons. The minimum absolute atomic E-state index is 0.734. The molecule has 88 valence electrons. The summed E-state index contributed by atoms with van der Waals surface area (Å²) in [5, 5.41) is 1.53. The molecule has 2 rings (SSSR count). The van der Waals surface area contributed by atoms with Crippen LogP contribution in [-0.4, -0.2) is 5.25 Å². The van der Waals surface area contributed by atoms with Gasteiger partial charge in [0.05, 0.1) is 5.02 Å². The second-order valence-corrected chi connectivity index (χ2v) is 6.44. The first kappa shape index (κ1) is 12.1. The molecule has 1 aliphatic rings. The summed E-state index contributed by atoms with van der Waals surface area (Å²) in [6.07, 6.45) is 5.33. The smallest absolute Gasteiger partial charge is 0.0562 e.